The Morgan fingerprint density at radius 1 is 1.10 bits per heavy atom. The zero-order valence-corrected chi connectivity index (χ0v) is 12.9. The maximum Gasteiger partial charge on any atom is 0.141 e. The third kappa shape index (κ3) is 2.45. The number of nitrogens with one attached hydrogen (secondary N) is 1. The monoisotopic (exact) mass is 279 g/mol. The van der Waals surface area contributed by atoms with E-state index >= 15 is 0 Å². The van der Waals surface area contributed by atoms with Crippen LogP contribution in [0, 0.1) is 6.92 Å². The van der Waals surface area contributed by atoms with Gasteiger partial charge in [-0.3, -0.25) is 0 Å². The van der Waals surface area contributed by atoms with Gasteiger partial charge < -0.3 is 9.88 Å². The van der Waals surface area contributed by atoms with Crippen LogP contribution in [0.2, 0.25) is 0 Å². The van der Waals surface area contributed by atoms with Crippen LogP contribution in [0.4, 0.5) is 0 Å². The molecule has 0 bridgehead atoms. The van der Waals surface area contributed by atoms with E-state index in [1.54, 1.807) is 0 Å². The molecule has 1 heterocycles. The number of fused-ring (bicyclic) bond motifs is 1. The average molecular weight is 279 g/mol. The minimum Gasteiger partial charge on any atom is -0.327 e. The number of rotatable bonds is 4. The van der Waals surface area contributed by atoms with Gasteiger partial charge in [-0.25, -0.2) is 4.98 Å². The van der Waals surface area contributed by atoms with E-state index in [-0.39, 0.29) is 0 Å². The molecule has 0 saturated carbocycles. The Morgan fingerprint density at radius 2 is 1.90 bits per heavy atom. The number of aryl methyl sites for hydroxylation is 2. The highest BCUT2D eigenvalue weighted by Crippen LogP contribution is 2.28. The zero-order chi connectivity index (χ0) is 14.8. The van der Waals surface area contributed by atoms with Crippen LogP contribution in [-0.4, -0.2) is 23.1 Å². The number of hydrogen-bond donors (Lipinski definition) is 1. The Hall–Kier alpha value is -2.13. The first kappa shape index (κ1) is 13.8. The van der Waals surface area contributed by atoms with Crippen molar-refractivity contribution >= 4 is 11.0 Å². The van der Waals surface area contributed by atoms with Crippen LogP contribution in [0.5, 0.6) is 0 Å². The molecule has 0 spiro atoms. The van der Waals surface area contributed by atoms with Crippen LogP contribution in [0.3, 0.4) is 0 Å². The van der Waals surface area contributed by atoms with Gasteiger partial charge in [0.1, 0.15) is 5.82 Å². The Morgan fingerprint density at radius 3 is 2.67 bits per heavy atom. The molecule has 0 aliphatic rings. The maximum absolute atomic E-state index is 4.85. The van der Waals surface area contributed by atoms with E-state index in [9.17, 15) is 0 Å². The summed E-state index contributed by atoms with van der Waals surface area (Å²) in [5.74, 6) is 1.05. The van der Waals surface area contributed by atoms with Gasteiger partial charge in [0.05, 0.1) is 11.0 Å². The molecule has 0 radical (unpaired) electrons. The van der Waals surface area contributed by atoms with Crippen molar-refractivity contribution in [1.29, 1.82) is 0 Å². The lowest BCUT2D eigenvalue weighted by atomic mass is 10.0. The summed E-state index contributed by atoms with van der Waals surface area (Å²) in [7, 11) is 4.09. The minimum absolute atomic E-state index is 0.972. The molecule has 0 aliphatic heterocycles. The highest BCUT2D eigenvalue weighted by molar-refractivity contribution is 5.83. The molecular weight excluding hydrogens is 258 g/mol. The summed E-state index contributed by atoms with van der Waals surface area (Å²) in [6.07, 6.45) is 1.01. The Balaban J connectivity index is 2.17. The first-order chi connectivity index (χ1) is 10.2. The summed E-state index contributed by atoms with van der Waals surface area (Å²) in [4.78, 5) is 4.85. The van der Waals surface area contributed by atoms with E-state index in [2.05, 4.69) is 66.3 Å². The zero-order valence-electron chi connectivity index (χ0n) is 12.9. The van der Waals surface area contributed by atoms with E-state index in [4.69, 9.17) is 4.98 Å². The summed E-state index contributed by atoms with van der Waals surface area (Å²) in [6, 6.07) is 14.8. The molecule has 0 amide bonds. The normalized spacial score (nSPS) is 11.2. The van der Waals surface area contributed by atoms with Crippen molar-refractivity contribution in [2.75, 3.05) is 13.6 Å². The fraction of sp³-hybridized carbons (Fsp3) is 0.278. The lowest BCUT2D eigenvalue weighted by molar-refractivity contribution is 0.791. The van der Waals surface area contributed by atoms with Gasteiger partial charge in [-0.05, 0) is 44.1 Å². The lowest BCUT2D eigenvalue weighted by Crippen LogP contribution is -2.11. The van der Waals surface area contributed by atoms with Crippen molar-refractivity contribution < 1.29 is 0 Å². The van der Waals surface area contributed by atoms with Crippen molar-refractivity contribution in [3.63, 3.8) is 0 Å². The van der Waals surface area contributed by atoms with Crippen molar-refractivity contribution in [2.24, 2.45) is 7.05 Å². The topological polar surface area (TPSA) is 29.9 Å². The second-order valence-corrected chi connectivity index (χ2v) is 5.45. The predicted molar refractivity (Wildman–Crippen MR) is 88.5 cm³/mol. The van der Waals surface area contributed by atoms with E-state index in [0.29, 0.717) is 0 Å². The van der Waals surface area contributed by atoms with Gasteiger partial charge in [0.25, 0.3) is 0 Å². The molecule has 108 valence electrons. The quantitative estimate of drug-likeness (QED) is 0.794. The largest absolute Gasteiger partial charge is 0.327 e. The third-order valence-corrected chi connectivity index (χ3v) is 4.00. The smallest absolute Gasteiger partial charge is 0.141 e. The number of imidazole rings is 1. The summed E-state index contributed by atoms with van der Waals surface area (Å²) in [6.45, 7) is 3.11. The molecule has 0 aliphatic carbocycles. The van der Waals surface area contributed by atoms with E-state index in [1.165, 1.54) is 22.2 Å². The van der Waals surface area contributed by atoms with Crippen LogP contribution in [-0.2, 0) is 13.5 Å². The van der Waals surface area contributed by atoms with E-state index in [0.717, 1.165) is 24.3 Å². The molecule has 3 nitrogen and oxygen atoms in total. The molecule has 0 fully saturated rings. The Kier molecular flexibility index (Phi) is 3.76. The predicted octanol–water partition coefficient (Wildman–Crippen LogP) is 3.31. The molecule has 0 atom stereocenters. The van der Waals surface area contributed by atoms with Gasteiger partial charge in [0.15, 0.2) is 0 Å². The van der Waals surface area contributed by atoms with Gasteiger partial charge in [0, 0.05) is 12.6 Å². The Bertz CT molecular complexity index is 771. The van der Waals surface area contributed by atoms with Gasteiger partial charge in [-0.15, -0.1) is 0 Å². The molecule has 3 rings (SSSR count). The first-order valence-electron chi connectivity index (χ1n) is 7.37. The minimum atomic E-state index is 0.972. The summed E-state index contributed by atoms with van der Waals surface area (Å²) in [5.41, 5.74) is 6.11. The molecule has 1 aromatic heterocycles. The molecule has 3 aromatic rings. The molecule has 0 unspecified atom stereocenters. The van der Waals surface area contributed by atoms with Crippen LogP contribution >= 0.6 is 0 Å². The molecule has 21 heavy (non-hydrogen) atoms. The fourth-order valence-electron chi connectivity index (χ4n) is 2.92. The van der Waals surface area contributed by atoms with Gasteiger partial charge in [-0.2, -0.15) is 0 Å². The van der Waals surface area contributed by atoms with Crippen LogP contribution in [0.15, 0.2) is 42.5 Å². The molecular formula is C18H21N3. The second kappa shape index (κ2) is 5.70. The summed E-state index contributed by atoms with van der Waals surface area (Å²) >= 11 is 0. The fourth-order valence-corrected chi connectivity index (χ4v) is 2.92. The van der Waals surface area contributed by atoms with Crippen LogP contribution in [0.1, 0.15) is 11.1 Å². The van der Waals surface area contributed by atoms with E-state index < -0.39 is 0 Å². The van der Waals surface area contributed by atoms with Crippen LogP contribution in [0.25, 0.3) is 22.4 Å². The molecule has 0 saturated heterocycles. The standard InChI is InChI=1S/C18H21N3/c1-13-7-6-10-16-17(13)21(3)18(20-16)15-9-5-4-8-14(15)11-12-19-2/h4-10,19H,11-12H2,1-3H3. The number of aromatic nitrogens is 2. The number of benzene rings is 2. The van der Waals surface area contributed by atoms with Gasteiger partial charge in [0.2, 0.25) is 0 Å². The molecule has 1 N–H and O–H groups in total. The summed E-state index contributed by atoms with van der Waals surface area (Å²) in [5, 5.41) is 3.22. The Labute approximate surface area is 125 Å². The highest BCUT2D eigenvalue weighted by Gasteiger charge is 2.13. The maximum atomic E-state index is 4.85. The molecule has 3 heteroatoms. The van der Waals surface area contributed by atoms with Crippen molar-refractivity contribution in [3.8, 4) is 11.4 Å². The third-order valence-electron chi connectivity index (χ3n) is 4.00. The lowest BCUT2D eigenvalue weighted by Gasteiger charge is -2.09. The second-order valence-electron chi connectivity index (χ2n) is 5.45. The first-order valence-corrected chi connectivity index (χ1v) is 7.37. The van der Waals surface area contributed by atoms with Crippen molar-refractivity contribution in [3.05, 3.63) is 53.6 Å². The highest BCUT2D eigenvalue weighted by atomic mass is 15.1. The average Bonchev–Trinajstić information content (AvgIpc) is 2.84. The number of para-hydroxylation sites is 1. The number of nitrogens with zero attached hydrogens (tertiary/aromatic N) is 2. The molecule has 2 aromatic carbocycles. The van der Waals surface area contributed by atoms with Crippen LogP contribution < -0.4 is 5.32 Å². The van der Waals surface area contributed by atoms with Gasteiger partial charge in [-0.1, -0.05) is 36.4 Å². The van der Waals surface area contributed by atoms with Crippen molar-refractivity contribution in [1.82, 2.24) is 14.9 Å². The number of hydrogen-bond acceptors (Lipinski definition) is 2. The van der Waals surface area contributed by atoms with E-state index in [1.807, 2.05) is 7.05 Å². The number of likely N-dealkylation sites (N-methyl/N-ethyl adjacent to an activating group) is 1. The summed E-state index contributed by atoms with van der Waals surface area (Å²) < 4.78 is 2.21. The van der Waals surface area contributed by atoms with Gasteiger partial charge >= 0.3 is 0 Å². The SMILES string of the molecule is CNCCc1ccccc1-c1nc2cccc(C)c2n1C. The van der Waals surface area contributed by atoms with Crippen molar-refractivity contribution in [2.45, 2.75) is 13.3 Å².